The molecule has 0 radical (unpaired) electrons. The Kier molecular flexibility index (Phi) is 3.99. The average Bonchev–Trinajstić information content (AvgIpc) is 2.84. The molecule has 0 aliphatic carbocycles. The fourth-order valence-electron chi connectivity index (χ4n) is 2.02. The van der Waals surface area contributed by atoms with Crippen LogP contribution >= 0.6 is 0 Å². The minimum absolute atomic E-state index is 0.0910. The zero-order chi connectivity index (χ0) is 13.0. The number of hydrogen-bond acceptors (Lipinski definition) is 4. The van der Waals surface area contributed by atoms with E-state index in [-0.39, 0.29) is 12.4 Å². The quantitative estimate of drug-likeness (QED) is 0.808. The standard InChI is InChI=1S/C14H19NO3/c1-2-8-18-12-6-4-3-5-11(12)13(16)14(15)7-9-17-10-14/h3-6H,2,7-10,15H2,1H3. The predicted molar refractivity (Wildman–Crippen MR) is 68.9 cm³/mol. The number of nitrogens with two attached hydrogens (primary N) is 1. The minimum Gasteiger partial charge on any atom is -0.493 e. The summed E-state index contributed by atoms with van der Waals surface area (Å²) in [5, 5.41) is 0. The molecule has 1 aliphatic heterocycles. The third kappa shape index (κ3) is 2.54. The Labute approximate surface area is 107 Å². The van der Waals surface area contributed by atoms with Crippen molar-refractivity contribution in [2.45, 2.75) is 25.3 Å². The molecule has 1 saturated heterocycles. The van der Waals surface area contributed by atoms with Crippen LogP contribution in [0.5, 0.6) is 5.75 Å². The lowest BCUT2D eigenvalue weighted by Crippen LogP contribution is -2.48. The van der Waals surface area contributed by atoms with Gasteiger partial charge < -0.3 is 15.2 Å². The summed E-state index contributed by atoms with van der Waals surface area (Å²) in [6.45, 7) is 3.45. The van der Waals surface area contributed by atoms with Crippen molar-refractivity contribution in [3.05, 3.63) is 29.8 Å². The molecule has 1 aliphatic rings. The van der Waals surface area contributed by atoms with Crippen molar-refractivity contribution in [1.29, 1.82) is 0 Å². The summed E-state index contributed by atoms with van der Waals surface area (Å²) < 4.78 is 10.8. The molecule has 0 amide bonds. The summed E-state index contributed by atoms with van der Waals surface area (Å²) in [5.74, 6) is 0.521. The Morgan fingerprint density at radius 2 is 2.28 bits per heavy atom. The first kappa shape index (κ1) is 13.1. The Balaban J connectivity index is 2.24. The number of ketones is 1. The molecule has 1 aromatic carbocycles. The number of ether oxygens (including phenoxy) is 2. The molecule has 1 aromatic rings. The zero-order valence-corrected chi connectivity index (χ0v) is 10.6. The maximum atomic E-state index is 12.5. The fraction of sp³-hybridized carbons (Fsp3) is 0.500. The highest BCUT2D eigenvalue weighted by Gasteiger charge is 2.39. The number of carbonyl (C=O) groups is 1. The van der Waals surface area contributed by atoms with Crippen LogP contribution in [0.25, 0.3) is 0 Å². The monoisotopic (exact) mass is 249 g/mol. The van der Waals surface area contributed by atoms with E-state index in [1.54, 1.807) is 6.07 Å². The van der Waals surface area contributed by atoms with Crippen LogP contribution in [-0.2, 0) is 4.74 Å². The summed E-state index contributed by atoms with van der Waals surface area (Å²) in [7, 11) is 0. The predicted octanol–water partition coefficient (Wildman–Crippen LogP) is 1.78. The highest BCUT2D eigenvalue weighted by Crippen LogP contribution is 2.26. The van der Waals surface area contributed by atoms with Crippen LogP contribution in [0.2, 0.25) is 0 Å². The lowest BCUT2D eigenvalue weighted by Gasteiger charge is -2.21. The van der Waals surface area contributed by atoms with Gasteiger partial charge in [-0.25, -0.2) is 0 Å². The molecule has 1 fully saturated rings. The molecule has 0 spiro atoms. The van der Waals surface area contributed by atoms with Crippen LogP contribution in [0.1, 0.15) is 30.1 Å². The molecule has 0 aromatic heterocycles. The van der Waals surface area contributed by atoms with Gasteiger partial charge in [-0.15, -0.1) is 0 Å². The smallest absolute Gasteiger partial charge is 0.188 e. The molecule has 4 nitrogen and oxygen atoms in total. The van der Waals surface area contributed by atoms with E-state index in [0.29, 0.717) is 30.9 Å². The fourth-order valence-corrected chi connectivity index (χ4v) is 2.02. The molecule has 0 bridgehead atoms. The highest BCUT2D eigenvalue weighted by molar-refractivity contribution is 6.05. The highest BCUT2D eigenvalue weighted by atomic mass is 16.5. The van der Waals surface area contributed by atoms with Crippen LogP contribution in [-0.4, -0.2) is 31.1 Å². The topological polar surface area (TPSA) is 61.5 Å². The van der Waals surface area contributed by atoms with Crippen LogP contribution in [0.15, 0.2) is 24.3 Å². The second kappa shape index (κ2) is 5.50. The molecule has 1 atom stereocenters. The summed E-state index contributed by atoms with van der Waals surface area (Å²) >= 11 is 0. The summed E-state index contributed by atoms with van der Waals surface area (Å²) in [5.41, 5.74) is 5.76. The van der Waals surface area contributed by atoms with Gasteiger partial charge in [0.05, 0.1) is 18.8 Å². The van der Waals surface area contributed by atoms with Crippen molar-refractivity contribution < 1.29 is 14.3 Å². The third-order valence-corrected chi connectivity index (χ3v) is 3.10. The lowest BCUT2D eigenvalue weighted by molar-refractivity contribution is 0.0859. The van der Waals surface area contributed by atoms with Crippen molar-refractivity contribution in [2.75, 3.05) is 19.8 Å². The number of Topliss-reactive ketones (excluding diaryl/α,β-unsaturated/α-hetero) is 1. The van der Waals surface area contributed by atoms with Gasteiger partial charge in [-0.1, -0.05) is 19.1 Å². The summed E-state index contributed by atoms with van der Waals surface area (Å²) in [6, 6.07) is 7.25. The van der Waals surface area contributed by atoms with Crippen LogP contribution in [0.3, 0.4) is 0 Å². The molecule has 98 valence electrons. The largest absolute Gasteiger partial charge is 0.493 e. The van der Waals surface area contributed by atoms with E-state index < -0.39 is 5.54 Å². The number of benzene rings is 1. The van der Waals surface area contributed by atoms with Crippen molar-refractivity contribution in [2.24, 2.45) is 5.73 Å². The Morgan fingerprint density at radius 3 is 2.94 bits per heavy atom. The molecule has 1 heterocycles. The van der Waals surface area contributed by atoms with Crippen molar-refractivity contribution in [3.63, 3.8) is 0 Å². The second-order valence-electron chi connectivity index (χ2n) is 4.63. The van der Waals surface area contributed by atoms with Gasteiger partial charge in [0.25, 0.3) is 0 Å². The summed E-state index contributed by atoms with van der Waals surface area (Å²) in [6.07, 6.45) is 1.47. The van der Waals surface area contributed by atoms with E-state index in [1.165, 1.54) is 0 Å². The van der Waals surface area contributed by atoms with E-state index in [2.05, 4.69) is 0 Å². The van der Waals surface area contributed by atoms with Gasteiger partial charge in [-0.3, -0.25) is 4.79 Å². The van der Waals surface area contributed by atoms with E-state index in [9.17, 15) is 4.79 Å². The first-order valence-electron chi connectivity index (χ1n) is 6.30. The van der Waals surface area contributed by atoms with E-state index in [4.69, 9.17) is 15.2 Å². The van der Waals surface area contributed by atoms with Crippen LogP contribution in [0, 0.1) is 0 Å². The molecular weight excluding hydrogens is 230 g/mol. The van der Waals surface area contributed by atoms with Crippen molar-refractivity contribution in [1.82, 2.24) is 0 Å². The van der Waals surface area contributed by atoms with E-state index in [1.807, 2.05) is 25.1 Å². The van der Waals surface area contributed by atoms with Gasteiger partial charge in [0, 0.05) is 6.61 Å². The number of hydrogen-bond donors (Lipinski definition) is 1. The van der Waals surface area contributed by atoms with Crippen LogP contribution < -0.4 is 10.5 Å². The molecule has 1 unspecified atom stereocenters. The van der Waals surface area contributed by atoms with Crippen molar-refractivity contribution in [3.8, 4) is 5.75 Å². The van der Waals surface area contributed by atoms with Gasteiger partial charge in [-0.2, -0.15) is 0 Å². The van der Waals surface area contributed by atoms with E-state index >= 15 is 0 Å². The molecule has 2 rings (SSSR count). The Hall–Kier alpha value is -1.39. The zero-order valence-electron chi connectivity index (χ0n) is 10.6. The van der Waals surface area contributed by atoms with Gasteiger partial charge in [0.1, 0.15) is 11.3 Å². The van der Waals surface area contributed by atoms with Gasteiger partial charge in [0.2, 0.25) is 0 Å². The number of para-hydroxylation sites is 1. The minimum atomic E-state index is -0.897. The number of rotatable bonds is 5. The molecule has 18 heavy (non-hydrogen) atoms. The Bertz CT molecular complexity index is 425. The maximum absolute atomic E-state index is 12.5. The second-order valence-corrected chi connectivity index (χ2v) is 4.63. The molecular formula is C14H19NO3. The van der Waals surface area contributed by atoms with Gasteiger partial charge in [-0.05, 0) is 25.0 Å². The summed E-state index contributed by atoms with van der Waals surface area (Å²) in [4.78, 5) is 12.5. The SMILES string of the molecule is CCCOc1ccccc1C(=O)C1(N)CCOC1. The Morgan fingerprint density at radius 1 is 1.50 bits per heavy atom. The van der Waals surface area contributed by atoms with E-state index in [0.717, 1.165) is 6.42 Å². The van der Waals surface area contributed by atoms with Gasteiger partial charge >= 0.3 is 0 Å². The molecule has 0 saturated carbocycles. The van der Waals surface area contributed by atoms with Crippen LogP contribution in [0.4, 0.5) is 0 Å². The normalized spacial score (nSPS) is 23.0. The van der Waals surface area contributed by atoms with Gasteiger partial charge in [0.15, 0.2) is 5.78 Å². The van der Waals surface area contributed by atoms with Crippen molar-refractivity contribution >= 4 is 5.78 Å². The first-order chi connectivity index (χ1) is 8.67. The average molecular weight is 249 g/mol. The first-order valence-corrected chi connectivity index (χ1v) is 6.30. The number of carbonyl (C=O) groups excluding carboxylic acids is 1. The molecule has 4 heteroatoms. The molecule has 2 N–H and O–H groups in total. The third-order valence-electron chi connectivity index (χ3n) is 3.10. The lowest BCUT2D eigenvalue weighted by atomic mass is 9.89. The maximum Gasteiger partial charge on any atom is 0.188 e.